The summed E-state index contributed by atoms with van der Waals surface area (Å²) >= 11 is 0. The Hall–Kier alpha value is -5.42. The summed E-state index contributed by atoms with van der Waals surface area (Å²) in [5, 5.41) is 0. The second-order valence-electron chi connectivity index (χ2n) is 19.7. The minimum Gasteiger partial charge on any atom is -0.463 e. The zero-order valence-corrected chi connectivity index (χ0v) is 44.5. The average molecular weight is 1020 g/mol. The van der Waals surface area contributed by atoms with Crippen molar-refractivity contribution in [3.63, 3.8) is 0 Å². The molecule has 3 fully saturated rings. The maximum Gasteiger partial charge on any atom is 0.303 e. The highest BCUT2D eigenvalue weighted by molar-refractivity contribution is 5.70. The van der Waals surface area contributed by atoms with Crippen molar-refractivity contribution in [2.45, 2.75) is 217 Å². The second kappa shape index (κ2) is 28.0. The van der Waals surface area contributed by atoms with E-state index in [2.05, 4.69) is 0 Å². The summed E-state index contributed by atoms with van der Waals surface area (Å²) in [4.78, 5) is 114. The summed E-state index contributed by atoms with van der Waals surface area (Å²) in [7, 11) is 0. The van der Waals surface area contributed by atoms with E-state index >= 15 is 0 Å². The van der Waals surface area contributed by atoms with E-state index in [0.29, 0.717) is 0 Å². The molecule has 0 saturated carbocycles. The van der Waals surface area contributed by atoms with Crippen LogP contribution in [0, 0.1) is 16.7 Å². The van der Waals surface area contributed by atoms with Gasteiger partial charge in [-0.1, -0.05) is 55.4 Å². The Kier molecular flexibility index (Phi) is 25.1. The first-order valence-corrected chi connectivity index (χ1v) is 23.1. The van der Waals surface area contributed by atoms with E-state index in [9.17, 15) is 47.9 Å². The van der Waals surface area contributed by atoms with Gasteiger partial charge in [0.1, 0.15) is 31.0 Å². The van der Waals surface area contributed by atoms with Crippen LogP contribution in [0.1, 0.15) is 132 Å². The Morgan fingerprint density at radius 1 is 0.423 bits per heavy atom. The van der Waals surface area contributed by atoms with E-state index in [-0.39, 0.29) is 24.5 Å². The van der Waals surface area contributed by atoms with Crippen molar-refractivity contribution >= 4 is 59.7 Å². The van der Waals surface area contributed by atoms with Crippen molar-refractivity contribution in [3.05, 3.63) is 0 Å². The molecule has 0 aromatic carbocycles. The summed E-state index contributed by atoms with van der Waals surface area (Å²) in [5.41, 5.74) is -0.915. The Bertz CT molecular complexity index is 1860. The number of rotatable bonds is 12. The smallest absolute Gasteiger partial charge is 0.303 e. The van der Waals surface area contributed by atoms with E-state index in [4.69, 9.17) is 61.6 Å². The lowest BCUT2D eigenvalue weighted by atomic mass is 9.80. The summed E-state index contributed by atoms with van der Waals surface area (Å²) in [6.07, 6.45) is -11.5. The Balaban J connectivity index is 0.000000537. The summed E-state index contributed by atoms with van der Waals surface area (Å²) in [5.74, 6) is -5.59. The number of carbonyl (C=O) groups excluding carboxylic acids is 10. The zero-order chi connectivity index (χ0) is 55.0. The van der Waals surface area contributed by atoms with Crippen molar-refractivity contribution in [2.75, 3.05) is 13.2 Å². The van der Waals surface area contributed by atoms with Gasteiger partial charge in [-0.25, -0.2) is 0 Å². The third kappa shape index (κ3) is 21.5. The fourth-order valence-corrected chi connectivity index (χ4v) is 7.98. The molecule has 0 spiro atoms. The molecule has 3 aliphatic rings. The highest BCUT2D eigenvalue weighted by Crippen LogP contribution is 2.39. The molecule has 0 radical (unpaired) electrons. The minimum atomic E-state index is -1.12. The minimum absolute atomic E-state index is 0.0330. The van der Waals surface area contributed by atoms with Gasteiger partial charge in [-0.2, -0.15) is 0 Å². The van der Waals surface area contributed by atoms with Gasteiger partial charge in [0.05, 0.1) is 12.7 Å². The van der Waals surface area contributed by atoms with Crippen LogP contribution >= 0.6 is 0 Å². The molecule has 14 unspecified atom stereocenters. The summed E-state index contributed by atoms with van der Waals surface area (Å²) < 4.78 is 70.2. The van der Waals surface area contributed by atoms with Crippen molar-refractivity contribution in [3.8, 4) is 0 Å². The van der Waals surface area contributed by atoms with Gasteiger partial charge in [0, 0.05) is 69.2 Å². The van der Waals surface area contributed by atoms with E-state index in [1.807, 2.05) is 55.4 Å². The lowest BCUT2D eigenvalue weighted by Gasteiger charge is -2.48. The molecule has 71 heavy (non-hydrogen) atoms. The number of hydrogen-bond acceptors (Lipinski definition) is 23. The van der Waals surface area contributed by atoms with Crippen LogP contribution in [0.3, 0.4) is 0 Å². The molecule has 3 aliphatic heterocycles. The van der Waals surface area contributed by atoms with Gasteiger partial charge < -0.3 is 61.6 Å². The van der Waals surface area contributed by atoms with Gasteiger partial charge in [-0.05, 0) is 23.7 Å². The summed E-state index contributed by atoms with van der Waals surface area (Å²) in [6.45, 7) is 29.1. The fraction of sp³-hybridized carbons (Fsp3) is 0.792. The molecular weight excluding hydrogens is 945 g/mol. The van der Waals surface area contributed by atoms with Crippen molar-refractivity contribution in [2.24, 2.45) is 16.7 Å². The van der Waals surface area contributed by atoms with Crippen LogP contribution in [-0.2, 0) is 110 Å². The standard InChI is InChI=1S/C18H28O9.C16H26O7.C14H22O7/c1-9(19)23-8-13-14(24-10(2)20)15(25-11(3)21)16(26-12(4)22)17(27-13)18(5,6)7;1-8-12(21-9(2)17)13(22-10(3)18)14(23-11(4)19)15(20-8)16(5,6)7;1-7(2)12-14(21-10(5)17)13(20-9(4)16)11(6-18-12)19-8(3)15/h13-17H,8H2,1-7H3;8,12-15H,1-7H3;7,11-14H,6H2,1-5H3. The molecule has 23 heteroatoms. The van der Waals surface area contributed by atoms with Gasteiger partial charge in [-0.3, -0.25) is 47.9 Å². The maximum absolute atomic E-state index is 11.7. The number of hydrogen-bond donors (Lipinski definition) is 0. The van der Waals surface area contributed by atoms with Crippen LogP contribution in [0.2, 0.25) is 0 Å². The molecule has 0 amide bonds. The molecule has 0 N–H and O–H groups in total. The predicted molar refractivity (Wildman–Crippen MR) is 243 cm³/mol. The Morgan fingerprint density at radius 3 is 1.11 bits per heavy atom. The van der Waals surface area contributed by atoms with Gasteiger partial charge in [-0.15, -0.1) is 0 Å². The molecule has 3 saturated heterocycles. The third-order valence-electron chi connectivity index (χ3n) is 10.4. The first-order chi connectivity index (χ1) is 32.5. The number of ether oxygens (including phenoxy) is 13. The quantitative estimate of drug-likeness (QED) is 0.199. The lowest BCUT2D eigenvalue weighted by Crippen LogP contribution is -2.64. The molecule has 23 nitrogen and oxygen atoms in total. The second-order valence-corrected chi connectivity index (χ2v) is 19.7. The van der Waals surface area contributed by atoms with Gasteiger partial charge in [0.25, 0.3) is 0 Å². The van der Waals surface area contributed by atoms with Crippen LogP contribution in [0.25, 0.3) is 0 Å². The molecular formula is C48H76O23. The van der Waals surface area contributed by atoms with Crippen molar-refractivity contribution in [1.82, 2.24) is 0 Å². The van der Waals surface area contributed by atoms with Crippen molar-refractivity contribution < 1.29 is 110 Å². The molecule has 3 heterocycles. The zero-order valence-electron chi connectivity index (χ0n) is 44.5. The Labute approximate surface area is 415 Å². The fourth-order valence-electron chi connectivity index (χ4n) is 7.98. The number of esters is 10. The Morgan fingerprint density at radius 2 is 0.746 bits per heavy atom. The molecule has 3 rings (SSSR count). The number of carbonyl (C=O) groups is 10. The predicted octanol–water partition coefficient (Wildman–Crippen LogP) is 3.61. The maximum atomic E-state index is 11.7. The van der Waals surface area contributed by atoms with Crippen LogP contribution < -0.4 is 0 Å². The van der Waals surface area contributed by atoms with Gasteiger partial charge in [0.2, 0.25) is 0 Å². The molecule has 14 atom stereocenters. The molecule has 0 aromatic rings. The van der Waals surface area contributed by atoms with Crippen LogP contribution in [-0.4, -0.2) is 158 Å². The highest BCUT2D eigenvalue weighted by Gasteiger charge is 2.56. The van der Waals surface area contributed by atoms with E-state index in [0.717, 1.165) is 0 Å². The van der Waals surface area contributed by atoms with E-state index in [1.165, 1.54) is 69.2 Å². The highest BCUT2D eigenvalue weighted by atomic mass is 16.7. The molecule has 0 aromatic heterocycles. The van der Waals surface area contributed by atoms with Gasteiger partial charge in [0.15, 0.2) is 54.9 Å². The first-order valence-electron chi connectivity index (χ1n) is 23.1. The first kappa shape index (κ1) is 63.6. The molecule has 406 valence electrons. The summed E-state index contributed by atoms with van der Waals surface area (Å²) in [6, 6.07) is 0. The van der Waals surface area contributed by atoms with Crippen LogP contribution in [0.5, 0.6) is 0 Å². The largest absolute Gasteiger partial charge is 0.463 e. The lowest BCUT2D eigenvalue weighted by molar-refractivity contribution is -0.267. The SMILES string of the molecule is CC(=O)OC1C(C)OC(C(C)(C)C)C(OC(C)=O)C1OC(C)=O.CC(=O)OC1COC(C(C)C)C(OC(C)=O)C1OC(C)=O.CC(=O)OCC1OC(C(C)(C)C)C(OC(C)=O)C(OC(C)=O)C1OC(C)=O. The normalized spacial score (nSPS) is 29.3. The topological polar surface area (TPSA) is 291 Å². The van der Waals surface area contributed by atoms with E-state index < -0.39 is 151 Å². The van der Waals surface area contributed by atoms with Crippen molar-refractivity contribution in [1.29, 1.82) is 0 Å². The monoisotopic (exact) mass is 1020 g/mol. The van der Waals surface area contributed by atoms with E-state index in [1.54, 1.807) is 6.92 Å². The van der Waals surface area contributed by atoms with Crippen LogP contribution in [0.15, 0.2) is 0 Å². The van der Waals surface area contributed by atoms with Gasteiger partial charge >= 0.3 is 59.7 Å². The third-order valence-corrected chi connectivity index (χ3v) is 10.4. The molecule has 0 bridgehead atoms. The van der Waals surface area contributed by atoms with Crippen LogP contribution in [0.4, 0.5) is 0 Å². The average Bonchev–Trinajstić information content (AvgIpc) is 3.17. The molecule has 0 aliphatic carbocycles.